The minimum atomic E-state index is -0.820. The van der Waals surface area contributed by atoms with Crippen molar-refractivity contribution in [3.05, 3.63) is 10.0 Å². The zero-order chi connectivity index (χ0) is 15.1. The normalized spacial score (nSPS) is 26.2. The summed E-state index contributed by atoms with van der Waals surface area (Å²) in [7, 11) is 1.53. The van der Waals surface area contributed by atoms with E-state index in [4.69, 9.17) is 22.1 Å². The van der Waals surface area contributed by atoms with Gasteiger partial charge in [0.1, 0.15) is 10.8 Å². The minimum Gasteiger partial charge on any atom is -0.368 e. The van der Waals surface area contributed by atoms with Gasteiger partial charge in [-0.1, -0.05) is 43.7 Å². The average molecular weight is 318 g/mol. The van der Waals surface area contributed by atoms with Gasteiger partial charge >= 0.3 is 0 Å². The fraction of sp³-hybridized carbons (Fsp3) is 0.692. The molecule has 0 spiro atoms. The van der Waals surface area contributed by atoms with E-state index in [1.807, 2.05) is 0 Å². The summed E-state index contributed by atoms with van der Waals surface area (Å²) in [6.07, 6.45) is 1.06. The minimum absolute atomic E-state index is 0.0192. The van der Waals surface area contributed by atoms with Crippen molar-refractivity contribution in [2.24, 2.45) is 5.73 Å². The molecule has 3 N–H and O–H groups in total. The smallest absolute Gasteiger partial charge is 0.258 e. The largest absolute Gasteiger partial charge is 0.368 e. The molecule has 0 saturated heterocycles. The van der Waals surface area contributed by atoms with Crippen LogP contribution in [0.25, 0.3) is 0 Å². The Morgan fingerprint density at radius 3 is 2.55 bits per heavy atom. The number of hydrogen-bond donors (Lipinski definition) is 2. The fourth-order valence-electron chi connectivity index (χ4n) is 2.26. The third kappa shape index (κ3) is 2.83. The lowest BCUT2D eigenvalue weighted by atomic mass is 9.75. The second-order valence-corrected chi connectivity index (χ2v) is 7.57. The molecule has 20 heavy (non-hydrogen) atoms. The average Bonchev–Trinajstić information content (AvgIpc) is 2.65. The summed E-state index contributed by atoms with van der Waals surface area (Å²) in [6, 6.07) is 0.0192. The van der Waals surface area contributed by atoms with Gasteiger partial charge in [0, 0.05) is 26.0 Å². The number of carbonyl (C=O) groups excluding carboxylic acids is 1. The molecule has 1 aromatic heterocycles. The highest BCUT2D eigenvalue weighted by atomic mass is 35.5. The molecular weight excluding hydrogens is 298 g/mol. The van der Waals surface area contributed by atoms with E-state index in [-0.39, 0.29) is 17.4 Å². The number of amides is 1. The molecule has 0 bridgehead atoms. The van der Waals surface area contributed by atoms with Crippen LogP contribution in [0, 0.1) is 0 Å². The van der Waals surface area contributed by atoms with Crippen molar-refractivity contribution in [2.45, 2.75) is 50.7 Å². The molecule has 112 valence electrons. The number of thiazole rings is 1. The number of rotatable bonds is 3. The predicted molar refractivity (Wildman–Crippen MR) is 81.4 cm³/mol. The lowest BCUT2D eigenvalue weighted by Gasteiger charge is -2.42. The van der Waals surface area contributed by atoms with Crippen LogP contribution in [0.4, 0.5) is 5.13 Å². The van der Waals surface area contributed by atoms with Crippen LogP contribution in [0.15, 0.2) is 0 Å². The maximum Gasteiger partial charge on any atom is 0.258 e. The predicted octanol–water partition coefficient (Wildman–Crippen LogP) is 2.54. The molecule has 0 atom stereocenters. The monoisotopic (exact) mass is 317 g/mol. The van der Waals surface area contributed by atoms with Gasteiger partial charge in [0.25, 0.3) is 5.91 Å². The number of nitrogens with zero attached hydrogens (tertiary/aromatic N) is 1. The number of nitrogens with two attached hydrogens (primary N) is 1. The molecule has 2 rings (SSSR count). The van der Waals surface area contributed by atoms with Crippen LogP contribution < -0.4 is 11.1 Å². The van der Waals surface area contributed by atoms with Crippen molar-refractivity contribution in [2.75, 3.05) is 12.4 Å². The van der Waals surface area contributed by atoms with Gasteiger partial charge in [0.15, 0.2) is 5.13 Å². The quantitative estimate of drug-likeness (QED) is 0.898. The third-order valence-corrected chi connectivity index (χ3v) is 5.26. The van der Waals surface area contributed by atoms with Crippen molar-refractivity contribution in [1.29, 1.82) is 0 Å². The summed E-state index contributed by atoms with van der Waals surface area (Å²) < 4.78 is 5.33. The maximum atomic E-state index is 12.3. The van der Waals surface area contributed by atoms with Gasteiger partial charge in [-0.3, -0.25) is 10.1 Å². The third-order valence-electron chi connectivity index (χ3n) is 3.48. The van der Waals surface area contributed by atoms with Crippen LogP contribution in [-0.2, 0) is 14.9 Å². The topological polar surface area (TPSA) is 77.2 Å². The second kappa shape index (κ2) is 5.26. The van der Waals surface area contributed by atoms with E-state index in [2.05, 4.69) is 31.1 Å². The Morgan fingerprint density at radius 2 is 2.15 bits per heavy atom. The highest BCUT2D eigenvalue weighted by molar-refractivity contribution is 7.16. The van der Waals surface area contributed by atoms with Crippen molar-refractivity contribution >= 4 is 34.0 Å². The number of nitrogens with one attached hydrogen (secondary N) is 1. The molecule has 1 aliphatic rings. The zero-order valence-corrected chi connectivity index (χ0v) is 13.7. The number of hydrogen-bond acceptors (Lipinski definition) is 5. The highest BCUT2D eigenvalue weighted by Crippen LogP contribution is 2.39. The molecule has 1 aliphatic carbocycles. The molecule has 0 aromatic carbocycles. The number of halogens is 1. The van der Waals surface area contributed by atoms with Crippen LogP contribution in [0.5, 0.6) is 0 Å². The van der Waals surface area contributed by atoms with E-state index in [1.165, 1.54) is 18.4 Å². The molecule has 1 fully saturated rings. The van der Waals surface area contributed by atoms with Gasteiger partial charge in [0.2, 0.25) is 0 Å². The van der Waals surface area contributed by atoms with Gasteiger partial charge in [-0.2, -0.15) is 0 Å². The Balaban J connectivity index is 2.13. The molecule has 1 amide bonds. The van der Waals surface area contributed by atoms with Crippen molar-refractivity contribution in [3.63, 3.8) is 0 Å². The fourth-order valence-corrected chi connectivity index (χ4v) is 3.70. The van der Waals surface area contributed by atoms with Crippen molar-refractivity contribution in [3.8, 4) is 0 Å². The van der Waals surface area contributed by atoms with Gasteiger partial charge in [-0.25, -0.2) is 4.98 Å². The Labute approximate surface area is 127 Å². The van der Waals surface area contributed by atoms with Crippen LogP contribution in [0.2, 0.25) is 5.15 Å². The number of ether oxygens (including phenoxy) is 1. The van der Waals surface area contributed by atoms with E-state index in [1.54, 1.807) is 0 Å². The first-order valence-electron chi connectivity index (χ1n) is 6.47. The Kier molecular flexibility index (Phi) is 4.12. The Hall–Kier alpha value is -0.690. The molecule has 0 radical (unpaired) electrons. The van der Waals surface area contributed by atoms with E-state index in [0.717, 1.165) is 4.88 Å². The molecule has 0 aliphatic heterocycles. The highest BCUT2D eigenvalue weighted by Gasteiger charge is 2.49. The van der Waals surface area contributed by atoms with Crippen molar-refractivity contribution < 1.29 is 9.53 Å². The molecule has 1 aromatic rings. The first kappa shape index (κ1) is 15.7. The van der Waals surface area contributed by atoms with E-state index in [9.17, 15) is 4.79 Å². The van der Waals surface area contributed by atoms with Gasteiger partial charge < -0.3 is 10.5 Å². The van der Waals surface area contributed by atoms with Crippen LogP contribution >= 0.6 is 22.9 Å². The number of aromatic nitrogens is 1. The molecule has 7 heteroatoms. The lowest BCUT2D eigenvalue weighted by Crippen LogP contribution is -2.59. The molecule has 0 unspecified atom stereocenters. The van der Waals surface area contributed by atoms with Crippen LogP contribution in [-0.4, -0.2) is 29.6 Å². The van der Waals surface area contributed by atoms with E-state index < -0.39 is 5.60 Å². The van der Waals surface area contributed by atoms with E-state index >= 15 is 0 Å². The summed E-state index contributed by atoms with van der Waals surface area (Å²) in [6.45, 7) is 6.17. The van der Waals surface area contributed by atoms with Gasteiger partial charge in [0.05, 0.1) is 4.88 Å². The van der Waals surface area contributed by atoms with Crippen LogP contribution in [0.3, 0.4) is 0 Å². The molecule has 1 saturated carbocycles. The summed E-state index contributed by atoms with van der Waals surface area (Å²) in [4.78, 5) is 17.5. The number of methoxy groups -OCH3 is 1. The second-order valence-electron chi connectivity index (χ2n) is 6.21. The summed E-state index contributed by atoms with van der Waals surface area (Å²) >= 11 is 7.52. The molecule has 5 nitrogen and oxygen atoms in total. The SMILES string of the molecule is COC1(C(=O)Nc2nc(Cl)c(C(C)(C)C)s2)CC(N)C1. The number of anilines is 1. The zero-order valence-electron chi connectivity index (χ0n) is 12.1. The summed E-state index contributed by atoms with van der Waals surface area (Å²) in [5, 5.41) is 3.73. The maximum absolute atomic E-state index is 12.3. The Morgan fingerprint density at radius 1 is 1.55 bits per heavy atom. The summed E-state index contributed by atoms with van der Waals surface area (Å²) in [5.41, 5.74) is 4.83. The first-order chi connectivity index (χ1) is 9.18. The molecule has 1 heterocycles. The van der Waals surface area contributed by atoms with Crippen LogP contribution in [0.1, 0.15) is 38.5 Å². The summed E-state index contributed by atoms with van der Waals surface area (Å²) in [5.74, 6) is -0.201. The first-order valence-corrected chi connectivity index (χ1v) is 7.66. The Bertz CT molecular complexity index is 518. The molecular formula is C13H20ClN3O2S. The van der Waals surface area contributed by atoms with E-state index in [0.29, 0.717) is 23.1 Å². The number of carbonyl (C=O) groups is 1. The standard InChI is InChI=1S/C13H20ClN3O2S/c1-12(2,3)8-9(14)16-11(20-8)17-10(18)13(19-4)5-7(15)6-13/h7H,5-6,15H2,1-4H3,(H,16,17,18). The van der Waals surface area contributed by atoms with Gasteiger partial charge in [-0.05, 0) is 5.41 Å². The lowest BCUT2D eigenvalue weighted by molar-refractivity contribution is -0.150. The van der Waals surface area contributed by atoms with Crippen molar-refractivity contribution in [1.82, 2.24) is 4.98 Å². The van der Waals surface area contributed by atoms with Gasteiger partial charge in [-0.15, -0.1) is 0 Å².